The molecule has 2 atom stereocenters. The maximum atomic E-state index is 9.21. The predicted octanol–water partition coefficient (Wildman–Crippen LogP) is 2.59. The molecular formula is C12H18ClNO. The van der Waals surface area contributed by atoms with E-state index in [1.54, 1.807) is 6.92 Å². The van der Waals surface area contributed by atoms with Crippen LogP contribution in [-0.2, 0) is 6.54 Å². The molecule has 0 aliphatic heterocycles. The van der Waals surface area contributed by atoms with Crippen LogP contribution in [0.4, 0.5) is 0 Å². The third-order valence-electron chi connectivity index (χ3n) is 2.29. The number of aliphatic hydroxyl groups is 1. The van der Waals surface area contributed by atoms with Crippen LogP contribution in [0.15, 0.2) is 24.3 Å². The van der Waals surface area contributed by atoms with Crippen LogP contribution in [0.2, 0.25) is 5.02 Å². The van der Waals surface area contributed by atoms with Crippen LogP contribution >= 0.6 is 11.6 Å². The molecule has 1 aromatic carbocycles. The Kier molecular flexibility index (Phi) is 5.09. The third kappa shape index (κ3) is 4.65. The topological polar surface area (TPSA) is 32.3 Å². The Bertz CT molecular complexity index is 301. The molecule has 0 saturated carbocycles. The van der Waals surface area contributed by atoms with Crippen molar-refractivity contribution in [1.29, 1.82) is 0 Å². The first kappa shape index (κ1) is 12.5. The summed E-state index contributed by atoms with van der Waals surface area (Å²) in [5, 5.41) is 13.3. The molecule has 0 saturated heterocycles. The highest BCUT2D eigenvalue weighted by Gasteiger charge is 2.06. The number of nitrogens with one attached hydrogen (secondary N) is 1. The Morgan fingerprint density at radius 1 is 1.33 bits per heavy atom. The van der Waals surface area contributed by atoms with E-state index in [9.17, 15) is 5.11 Å². The van der Waals surface area contributed by atoms with Crippen molar-refractivity contribution < 1.29 is 5.11 Å². The number of benzene rings is 1. The Labute approximate surface area is 96.3 Å². The molecule has 0 aliphatic rings. The quantitative estimate of drug-likeness (QED) is 0.811. The second-order valence-electron chi connectivity index (χ2n) is 3.96. The molecule has 0 aliphatic carbocycles. The average molecular weight is 228 g/mol. The fourth-order valence-electron chi connectivity index (χ4n) is 1.52. The Morgan fingerprint density at radius 3 is 2.60 bits per heavy atom. The minimum atomic E-state index is -0.265. The van der Waals surface area contributed by atoms with Crippen molar-refractivity contribution in [3.05, 3.63) is 34.9 Å². The van der Waals surface area contributed by atoms with Crippen molar-refractivity contribution in [3.63, 3.8) is 0 Å². The van der Waals surface area contributed by atoms with E-state index in [-0.39, 0.29) is 6.10 Å². The van der Waals surface area contributed by atoms with Crippen LogP contribution in [-0.4, -0.2) is 17.3 Å². The molecule has 1 rings (SSSR count). The molecule has 2 N–H and O–H groups in total. The zero-order chi connectivity index (χ0) is 11.3. The lowest BCUT2D eigenvalue weighted by atomic mass is 10.1. The molecule has 0 bridgehead atoms. The standard InChI is InChI=1S/C12H18ClNO/c1-9(7-10(2)15)14-8-11-5-3-4-6-12(11)13/h3-6,9-10,14-15H,7-8H2,1-2H3. The van der Waals surface area contributed by atoms with Crippen molar-refractivity contribution >= 4 is 11.6 Å². The molecule has 0 spiro atoms. The fraction of sp³-hybridized carbons (Fsp3) is 0.500. The van der Waals surface area contributed by atoms with Gasteiger partial charge in [0.2, 0.25) is 0 Å². The molecule has 2 nitrogen and oxygen atoms in total. The van der Waals surface area contributed by atoms with Crippen molar-refractivity contribution in [1.82, 2.24) is 5.32 Å². The molecule has 1 aromatic rings. The third-order valence-corrected chi connectivity index (χ3v) is 2.66. The molecule has 0 aromatic heterocycles. The van der Waals surface area contributed by atoms with Crippen LogP contribution < -0.4 is 5.32 Å². The molecule has 0 fully saturated rings. The smallest absolute Gasteiger partial charge is 0.0526 e. The van der Waals surface area contributed by atoms with Gasteiger partial charge in [0.05, 0.1) is 6.10 Å². The molecule has 2 unspecified atom stereocenters. The van der Waals surface area contributed by atoms with Crippen molar-refractivity contribution in [2.45, 2.75) is 39.0 Å². The summed E-state index contributed by atoms with van der Waals surface area (Å²) in [4.78, 5) is 0. The van der Waals surface area contributed by atoms with Crippen LogP contribution in [0, 0.1) is 0 Å². The summed E-state index contributed by atoms with van der Waals surface area (Å²) in [5.41, 5.74) is 1.09. The summed E-state index contributed by atoms with van der Waals surface area (Å²) in [5.74, 6) is 0. The van der Waals surface area contributed by atoms with Crippen molar-refractivity contribution in [2.75, 3.05) is 0 Å². The molecule has 0 radical (unpaired) electrons. The van der Waals surface area contributed by atoms with Gasteiger partial charge in [-0.05, 0) is 31.9 Å². The Hall–Kier alpha value is -0.570. The average Bonchev–Trinajstić information content (AvgIpc) is 2.15. The van der Waals surface area contributed by atoms with E-state index in [1.807, 2.05) is 24.3 Å². The van der Waals surface area contributed by atoms with Gasteiger partial charge < -0.3 is 10.4 Å². The van der Waals surface area contributed by atoms with Gasteiger partial charge in [-0.3, -0.25) is 0 Å². The zero-order valence-corrected chi connectivity index (χ0v) is 9.96. The first-order valence-corrected chi connectivity index (χ1v) is 5.62. The number of aliphatic hydroxyl groups excluding tert-OH is 1. The van der Waals surface area contributed by atoms with Gasteiger partial charge in [0.25, 0.3) is 0 Å². The zero-order valence-electron chi connectivity index (χ0n) is 9.20. The van der Waals surface area contributed by atoms with Gasteiger partial charge >= 0.3 is 0 Å². The van der Waals surface area contributed by atoms with E-state index in [4.69, 9.17) is 11.6 Å². The van der Waals surface area contributed by atoms with Gasteiger partial charge in [-0.2, -0.15) is 0 Å². The summed E-state index contributed by atoms with van der Waals surface area (Å²) in [6.45, 7) is 4.60. The van der Waals surface area contributed by atoms with E-state index in [0.29, 0.717) is 6.04 Å². The predicted molar refractivity (Wildman–Crippen MR) is 64.1 cm³/mol. The highest BCUT2D eigenvalue weighted by Crippen LogP contribution is 2.14. The molecule has 84 valence electrons. The summed E-state index contributed by atoms with van der Waals surface area (Å²) in [6.07, 6.45) is 0.489. The lowest BCUT2D eigenvalue weighted by Gasteiger charge is -2.15. The van der Waals surface area contributed by atoms with Crippen molar-refractivity contribution in [2.24, 2.45) is 0 Å². The van der Waals surface area contributed by atoms with Crippen LogP contribution in [0.1, 0.15) is 25.8 Å². The summed E-state index contributed by atoms with van der Waals surface area (Å²) >= 11 is 6.02. The highest BCUT2D eigenvalue weighted by atomic mass is 35.5. The van der Waals surface area contributed by atoms with E-state index in [0.717, 1.165) is 23.6 Å². The molecule has 3 heteroatoms. The summed E-state index contributed by atoms with van der Waals surface area (Å²) in [6, 6.07) is 8.08. The number of hydrogen-bond acceptors (Lipinski definition) is 2. The molecule has 0 amide bonds. The SMILES string of the molecule is CC(O)CC(C)NCc1ccccc1Cl. The first-order chi connectivity index (χ1) is 7.09. The summed E-state index contributed by atoms with van der Waals surface area (Å²) in [7, 11) is 0. The minimum absolute atomic E-state index is 0.265. The second kappa shape index (κ2) is 6.11. The highest BCUT2D eigenvalue weighted by molar-refractivity contribution is 6.31. The minimum Gasteiger partial charge on any atom is -0.393 e. The van der Waals surface area contributed by atoms with E-state index >= 15 is 0 Å². The lowest BCUT2D eigenvalue weighted by Crippen LogP contribution is -2.28. The number of halogens is 1. The van der Waals surface area contributed by atoms with E-state index in [2.05, 4.69) is 12.2 Å². The van der Waals surface area contributed by atoms with Crippen LogP contribution in [0.3, 0.4) is 0 Å². The largest absolute Gasteiger partial charge is 0.393 e. The van der Waals surface area contributed by atoms with E-state index < -0.39 is 0 Å². The number of hydrogen-bond donors (Lipinski definition) is 2. The van der Waals surface area contributed by atoms with Crippen LogP contribution in [0.5, 0.6) is 0 Å². The normalized spacial score (nSPS) is 14.9. The first-order valence-electron chi connectivity index (χ1n) is 5.24. The Morgan fingerprint density at radius 2 is 2.00 bits per heavy atom. The number of rotatable bonds is 5. The maximum absolute atomic E-state index is 9.21. The molecular weight excluding hydrogens is 210 g/mol. The van der Waals surface area contributed by atoms with Gasteiger partial charge in [0.15, 0.2) is 0 Å². The van der Waals surface area contributed by atoms with Crippen molar-refractivity contribution in [3.8, 4) is 0 Å². The van der Waals surface area contributed by atoms with Gasteiger partial charge in [-0.25, -0.2) is 0 Å². The van der Waals surface area contributed by atoms with Crippen LogP contribution in [0.25, 0.3) is 0 Å². The molecule has 15 heavy (non-hydrogen) atoms. The lowest BCUT2D eigenvalue weighted by molar-refractivity contribution is 0.170. The monoisotopic (exact) mass is 227 g/mol. The van der Waals surface area contributed by atoms with Gasteiger partial charge in [-0.15, -0.1) is 0 Å². The van der Waals surface area contributed by atoms with Gasteiger partial charge in [0.1, 0.15) is 0 Å². The van der Waals surface area contributed by atoms with Gasteiger partial charge in [0, 0.05) is 17.6 Å². The Balaban J connectivity index is 2.40. The van der Waals surface area contributed by atoms with Gasteiger partial charge in [-0.1, -0.05) is 29.8 Å². The van der Waals surface area contributed by atoms with E-state index in [1.165, 1.54) is 0 Å². The fourth-order valence-corrected chi connectivity index (χ4v) is 1.72. The second-order valence-corrected chi connectivity index (χ2v) is 4.37. The molecule has 0 heterocycles. The maximum Gasteiger partial charge on any atom is 0.0526 e. The summed E-state index contributed by atoms with van der Waals surface area (Å²) < 4.78 is 0.